The molecule has 0 saturated heterocycles. The molecule has 1 heterocycles. The average Bonchev–Trinajstić information content (AvgIpc) is 2.93. The van der Waals surface area contributed by atoms with E-state index in [1.807, 2.05) is 13.0 Å². The molecule has 110 valence electrons. The van der Waals surface area contributed by atoms with Gasteiger partial charge in [0.25, 0.3) is 0 Å². The molecule has 0 fully saturated rings. The molecule has 0 spiro atoms. The van der Waals surface area contributed by atoms with Crippen molar-refractivity contribution in [1.29, 1.82) is 0 Å². The second kappa shape index (κ2) is 7.34. The first-order valence-corrected chi connectivity index (χ1v) is 7.26. The van der Waals surface area contributed by atoms with Gasteiger partial charge in [0.2, 0.25) is 5.91 Å². The highest BCUT2D eigenvalue weighted by Gasteiger charge is 2.09. The van der Waals surface area contributed by atoms with Crippen molar-refractivity contribution in [2.24, 2.45) is 0 Å². The number of furan rings is 1. The van der Waals surface area contributed by atoms with Gasteiger partial charge in [-0.25, -0.2) is 0 Å². The maximum atomic E-state index is 11.8. The molecule has 0 radical (unpaired) electrons. The summed E-state index contributed by atoms with van der Waals surface area (Å²) in [7, 11) is 0. The molecule has 1 amide bonds. The Bertz CT molecular complexity index is 636. The van der Waals surface area contributed by atoms with Crippen molar-refractivity contribution in [3.05, 3.63) is 64.0 Å². The summed E-state index contributed by atoms with van der Waals surface area (Å²) >= 11 is 12.0. The number of hydrogen-bond acceptors (Lipinski definition) is 2. The fourth-order valence-electron chi connectivity index (χ4n) is 1.90. The fourth-order valence-corrected chi connectivity index (χ4v) is 2.39. The van der Waals surface area contributed by atoms with Gasteiger partial charge in [-0.05, 0) is 49.2 Å². The first kappa shape index (κ1) is 15.7. The molecule has 3 nitrogen and oxygen atoms in total. The van der Waals surface area contributed by atoms with Crippen LogP contribution in [0.5, 0.6) is 0 Å². The van der Waals surface area contributed by atoms with E-state index in [2.05, 4.69) is 5.32 Å². The van der Waals surface area contributed by atoms with Gasteiger partial charge < -0.3 is 9.73 Å². The van der Waals surface area contributed by atoms with Crippen LogP contribution in [0.15, 0.2) is 47.1 Å². The highest BCUT2D eigenvalue weighted by molar-refractivity contribution is 6.35. The third-order valence-electron chi connectivity index (χ3n) is 2.87. The van der Waals surface area contributed by atoms with Crippen LogP contribution in [0.25, 0.3) is 6.08 Å². The van der Waals surface area contributed by atoms with Crippen LogP contribution in [-0.2, 0) is 11.2 Å². The lowest BCUT2D eigenvalue weighted by molar-refractivity contribution is -0.117. The Labute approximate surface area is 133 Å². The quantitative estimate of drug-likeness (QED) is 0.831. The van der Waals surface area contributed by atoms with E-state index in [0.29, 0.717) is 22.2 Å². The summed E-state index contributed by atoms with van der Waals surface area (Å²) in [6, 6.07) is 8.85. The summed E-state index contributed by atoms with van der Waals surface area (Å²) in [6.45, 7) is 1.92. The zero-order chi connectivity index (χ0) is 15.2. The zero-order valence-corrected chi connectivity index (χ0v) is 13.0. The van der Waals surface area contributed by atoms with Crippen LogP contribution in [-0.4, -0.2) is 11.9 Å². The highest BCUT2D eigenvalue weighted by Crippen LogP contribution is 2.22. The van der Waals surface area contributed by atoms with Crippen LogP contribution in [0.1, 0.15) is 18.2 Å². The van der Waals surface area contributed by atoms with Crippen LogP contribution in [0.4, 0.5) is 0 Å². The molecule has 1 aromatic carbocycles. The summed E-state index contributed by atoms with van der Waals surface area (Å²) in [5.41, 5.74) is 0.948. The van der Waals surface area contributed by atoms with E-state index in [1.54, 1.807) is 36.6 Å². The number of halogens is 2. The molecule has 0 aliphatic rings. The molecular formula is C16H15Cl2NO2. The van der Waals surface area contributed by atoms with E-state index in [9.17, 15) is 4.79 Å². The summed E-state index contributed by atoms with van der Waals surface area (Å²) in [4.78, 5) is 11.8. The first-order chi connectivity index (χ1) is 10.0. The summed E-state index contributed by atoms with van der Waals surface area (Å²) in [5, 5.41) is 4.08. The van der Waals surface area contributed by atoms with Gasteiger partial charge in [0.15, 0.2) is 0 Å². The van der Waals surface area contributed by atoms with Crippen molar-refractivity contribution in [2.45, 2.75) is 19.4 Å². The van der Waals surface area contributed by atoms with Crippen molar-refractivity contribution in [3.63, 3.8) is 0 Å². The van der Waals surface area contributed by atoms with Crippen LogP contribution in [0.3, 0.4) is 0 Å². The minimum Gasteiger partial charge on any atom is -0.465 e. The Morgan fingerprint density at radius 2 is 2.19 bits per heavy atom. The maximum absolute atomic E-state index is 11.8. The number of rotatable bonds is 5. The highest BCUT2D eigenvalue weighted by atomic mass is 35.5. The third-order valence-corrected chi connectivity index (χ3v) is 3.46. The number of nitrogens with one attached hydrogen (secondary N) is 1. The number of carbonyl (C=O) groups excluding carboxylic acids is 1. The van der Waals surface area contributed by atoms with Gasteiger partial charge >= 0.3 is 0 Å². The number of benzene rings is 1. The topological polar surface area (TPSA) is 42.2 Å². The molecule has 1 aromatic heterocycles. The van der Waals surface area contributed by atoms with Crippen molar-refractivity contribution in [2.75, 3.05) is 0 Å². The Balaban J connectivity index is 1.89. The number of hydrogen-bond donors (Lipinski definition) is 1. The van der Waals surface area contributed by atoms with E-state index in [1.165, 1.54) is 6.08 Å². The van der Waals surface area contributed by atoms with E-state index in [-0.39, 0.29) is 11.9 Å². The second-order valence-corrected chi connectivity index (χ2v) is 5.54. The van der Waals surface area contributed by atoms with Crippen LogP contribution < -0.4 is 5.32 Å². The Hall–Kier alpha value is -1.71. The lowest BCUT2D eigenvalue weighted by Crippen LogP contribution is -2.32. The molecule has 1 N–H and O–H groups in total. The van der Waals surface area contributed by atoms with E-state index in [4.69, 9.17) is 27.6 Å². The fraction of sp³-hybridized carbons (Fsp3) is 0.188. The van der Waals surface area contributed by atoms with Crippen molar-refractivity contribution >= 4 is 35.2 Å². The minimum atomic E-state index is -0.177. The summed E-state index contributed by atoms with van der Waals surface area (Å²) < 4.78 is 5.11. The van der Waals surface area contributed by atoms with Crippen LogP contribution in [0.2, 0.25) is 10.0 Å². The lowest BCUT2D eigenvalue weighted by atomic mass is 10.1. The van der Waals surface area contributed by atoms with Gasteiger partial charge in [0.05, 0.1) is 6.26 Å². The standard InChI is InChI=1S/C16H15Cl2NO2/c1-11(9-12-4-5-13(17)10-15(12)18)19-16(20)7-6-14-3-2-8-21-14/h2-8,10-11H,9H2,1H3,(H,19,20). The van der Waals surface area contributed by atoms with E-state index < -0.39 is 0 Å². The largest absolute Gasteiger partial charge is 0.465 e. The smallest absolute Gasteiger partial charge is 0.244 e. The summed E-state index contributed by atoms with van der Waals surface area (Å²) in [6.07, 6.45) is 5.26. The average molecular weight is 324 g/mol. The van der Waals surface area contributed by atoms with Crippen molar-refractivity contribution in [1.82, 2.24) is 5.32 Å². The molecule has 0 bridgehead atoms. The number of carbonyl (C=O) groups is 1. The van der Waals surface area contributed by atoms with Gasteiger partial charge in [-0.1, -0.05) is 29.3 Å². The van der Waals surface area contributed by atoms with Gasteiger partial charge in [0, 0.05) is 22.2 Å². The molecule has 2 rings (SSSR count). The molecule has 5 heteroatoms. The van der Waals surface area contributed by atoms with Gasteiger partial charge in [-0.3, -0.25) is 4.79 Å². The minimum absolute atomic E-state index is 0.0440. The normalized spacial score (nSPS) is 12.5. The van der Waals surface area contributed by atoms with Gasteiger partial charge in [-0.2, -0.15) is 0 Å². The second-order valence-electron chi connectivity index (χ2n) is 4.70. The molecule has 0 saturated carbocycles. The Kier molecular flexibility index (Phi) is 5.48. The molecule has 0 aliphatic carbocycles. The molecular weight excluding hydrogens is 309 g/mol. The van der Waals surface area contributed by atoms with E-state index >= 15 is 0 Å². The predicted molar refractivity (Wildman–Crippen MR) is 85.5 cm³/mol. The van der Waals surface area contributed by atoms with Gasteiger partial charge in [0.1, 0.15) is 5.76 Å². The van der Waals surface area contributed by atoms with Gasteiger partial charge in [-0.15, -0.1) is 0 Å². The lowest BCUT2D eigenvalue weighted by Gasteiger charge is -2.13. The third kappa shape index (κ3) is 4.96. The molecule has 0 aliphatic heterocycles. The summed E-state index contributed by atoms with van der Waals surface area (Å²) in [5.74, 6) is 0.461. The number of amides is 1. The van der Waals surface area contributed by atoms with Crippen molar-refractivity contribution in [3.8, 4) is 0 Å². The first-order valence-electron chi connectivity index (χ1n) is 6.50. The van der Waals surface area contributed by atoms with Crippen molar-refractivity contribution < 1.29 is 9.21 Å². The van der Waals surface area contributed by atoms with E-state index in [0.717, 1.165) is 5.56 Å². The molecule has 21 heavy (non-hydrogen) atoms. The molecule has 1 unspecified atom stereocenters. The monoisotopic (exact) mass is 323 g/mol. The zero-order valence-electron chi connectivity index (χ0n) is 11.5. The predicted octanol–water partition coefficient (Wildman–Crippen LogP) is 4.35. The maximum Gasteiger partial charge on any atom is 0.244 e. The van der Waals surface area contributed by atoms with Crippen LogP contribution in [0, 0.1) is 0 Å². The SMILES string of the molecule is CC(Cc1ccc(Cl)cc1Cl)NC(=O)C=Cc1ccco1. The Morgan fingerprint density at radius 3 is 2.86 bits per heavy atom. The molecule has 2 aromatic rings. The Morgan fingerprint density at radius 1 is 1.38 bits per heavy atom. The van der Waals surface area contributed by atoms with Crippen LogP contribution >= 0.6 is 23.2 Å². The molecule has 1 atom stereocenters.